The fourth-order valence-corrected chi connectivity index (χ4v) is 3.00. The molecule has 0 saturated heterocycles. The van der Waals surface area contributed by atoms with Crippen molar-refractivity contribution in [2.45, 2.75) is 65.2 Å². The van der Waals surface area contributed by atoms with Crippen LogP contribution in [0, 0.1) is 0 Å². The first kappa shape index (κ1) is 25.9. The van der Waals surface area contributed by atoms with E-state index in [1.54, 1.807) is 65.8 Å². The molecule has 1 atom stereocenters. The van der Waals surface area contributed by atoms with Gasteiger partial charge in [0.1, 0.15) is 11.2 Å². The summed E-state index contributed by atoms with van der Waals surface area (Å²) >= 11 is 0. The molecule has 0 saturated carbocycles. The van der Waals surface area contributed by atoms with Crippen molar-refractivity contribution in [3.63, 3.8) is 0 Å². The molecule has 35 heavy (non-hydrogen) atoms. The van der Waals surface area contributed by atoms with Crippen LogP contribution >= 0.6 is 0 Å². The lowest BCUT2D eigenvalue weighted by molar-refractivity contribution is -0.146. The number of amides is 2. The van der Waals surface area contributed by atoms with E-state index in [2.05, 4.69) is 0 Å². The van der Waals surface area contributed by atoms with Gasteiger partial charge >= 0.3 is 18.2 Å². The van der Waals surface area contributed by atoms with Crippen LogP contribution in [-0.4, -0.2) is 53.2 Å². The largest absolute Gasteiger partial charge is 0.467 e. The summed E-state index contributed by atoms with van der Waals surface area (Å²) in [4.78, 5) is 52.3. The minimum Gasteiger partial charge on any atom is -0.467 e. The zero-order chi connectivity index (χ0) is 27.3. The second-order valence-corrected chi connectivity index (χ2v) is 9.78. The Balaban J connectivity index is 2.46. The third-order valence-electron chi connectivity index (χ3n) is 4.49. The Bertz CT molecular complexity index is 1070. The highest BCUT2D eigenvalue weighted by Gasteiger charge is 2.42. The van der Waals surface area contributed by atoms with Crippen molar-refractivity contribution < 1.29 is 34.8 Å². The number of hydrogen-bond donors (Lipinski definition) is 0. The van der Waals surface area contributed by atoms with E-state index >= 15 is 0 Å². The van der Waals surface area contributed by atoms with Crippen LogP contribution < -0.4 is 0 Å². The third-order valence-corrected chi connectivity index (χ3v) is 4.49. The molecule has 0 aromatic heterocycles. The van der Waals surface area contributed by atoms with Crippen LogP contribution in [0.2, 0.25) is 0 Å². The van der Waals surface area contributed by atoms with Gasteiger partial charge in [0.05, 0.1) is 8.48 Å². The second kappa shape index (κ2) is 11.2. The predicted molar refractivity (Wildman–Crippen MR) is 131 cm³/mol. The number of nitrogens with zero attached hydrogens (tertiary/aromatic N) is 1. The van der Waals surface area contributed by atoms with Crippen LogP contribution in [0.5, 0.6) is 0 Å². The second-order valence-electron chi connectivity index (χ2n) is 9.78. The van der Waals surface area contributed by atoms with Gasteiger partial charge in [0.25, 0.3) is 0 Å². The fourth-order valence-electron chi connectivity index (χ4n) is 3.00. The minimum absolute atomic E-state index is 0.184. The lowest BCUT2D eigenvalue weighted by atomic mass is 9.99. The topological polar surface area (TPSA) is 99.2 Å². The highest BCUT2D eigenvalue weighted by molar-refractivity contribution is 6.02. The Labute approximate surface area is 207 Å². The summed E-state index contributed by atoms with van der Waals surface area (Å²) in [6, 6.07) is 13.3. The van der Waals surface area contributed by atoms with Crippen molar-refractivity contribution in [2.75, 3.05) is 7.11 Å². The molecule has 8 heteroatoms. The number of carbonyl (C=O) groups is 4. The van der Waals surface area contributed by atoms with Crippen LogP contribution in [0.1, 0.15) is 59.7 Å². The number of rotatable bonds is 6. The number of esters is 1. The molecule has 0 heterocycles. The monoisotopic (exact) mass is 484 g/mol. The molecule has 0 N–H and O–H groups in total. The average Bonchev–Trinajstić information content (AvgIpc) is 2.76. The zero-order valence-electron chi connectivity index (χ0n) is 22.2. The molecule has 0 aliphatic heterocycles. The molecular formula is C27H33NO7. The van der Waals surface area contributed by atoms with Gasteiger partial charge in [-0.05, 0) is 52.7 Å². The predicted octanol–water partition coefficient (Wildman–Crippen LogP) is 5.64. The lowest BCUT2D eigenvalue weighted by Crippen LogP contribution is -2.53. The third kappa shape index (κ3) is 8.24. The van der Waals surface area contributed by atoms with Crippen LogP contribution in [0.25, 0.3) is 11.1 Å². The first-order valence-corrected chi connectivity index (χ1v) is 11.1. The summed E-state index contributed by atoms with van der Waals surface area (Å²) in [6.07, 6.45) is -3.50. The van der Waals surface area contributed by atoms with Crippen molar-refractivity contribution in [3.05, 3.63) is 60.2 Å². The normalized spacial score (nSPS) is 13.6. The van der Waals surface area contributed by atoms with E-state index in [0.29, 0.717) is 0 Å². The van der Waals surface area contributed by atoms with Crippen molar-refractivity contribution in [2.24, 2.45) is 0 Å². The van der Waals surface area contributed by atoms with Crippen LogP contribution in [-0.2, 0) is 19.0 Å². The van der Waals surface area contributed by atoms with Crippen molar-refractivity contribution >= 4 is 23.9 Å². The van der Waals surface area contributed by atoms with Gasteiger partial charge in [0.15, 0.2) is 11.8 Å². The van der Waals surface area contributed by atoms with E-state index in [-0.39, 0.29) is 10.5 Å². The maximum absolute atomic E-state index is 13.2. The summed E-state index contributed by atoms with van der Waals surface area (Å²) in [5.74, 6) is -1.96. The maximum Gasteiger partial charge on any atom is 0.420 e. The number of ketones is 1. The maximum atomic E-state index is 13.2. The quantitative estimate of drug-likeness (QED) is 0.297. The fraction of sp³-hybridized carbons (Fsp3) is 0.407. The van der Waals surface area contributed by atoms with E-state index in [1.165, 1.54) is 0 Å². The van der Waals surface area contributed by atoms with E-state index in [1.807, 2.05) is 30.3 Å². The number of Topliss-reactive ketones (excluding diaryl/α,β-unsaturated/α-hetero) is 1. The Morgan fingerprint density at radius 2 is 1.26 bits per heavy atom. The Kier molecular flexibility index (Phi) is 8.27. The number of benzene rings is 2. The van der Waals surface area contributed by atoms with Crippen LogP contribution in [0.4, 0.5) is 9.59 Å². The molecule has 0 fully saturated rings. The minimum atomic E-state index is -2.78. The first-order valence-electron chi connectivity index (χ1n) is 11.6. The molecule has 0 bridgehead atoms. The molecule has 2 amide bonds. The number of ether oxygens (including phenoxy) is 3. The summed E-state index contributed by atoms with van der Waals surface area (Å²) in [5.41, 5.74) is -0.135. The highest BCUT2D eigenvalue weighted by atomic mass is 16.6. The van der Waals surface area contributed by atoms with E-state index in [4.69, 9.17) is 15.6 Å². The molecule has 2 aromatic rings. The van der Waals surface area contributed by atoms with Crippen molar-refractivity contribution in [1.82, 2.24) is 4.90 Å². The molecule has 0 aliphatic carbocycles. The van der Waals surface area contributed by atoms with E-state index in [0.717, 1.165) is 18.2 Å². The van der Waals surface area contributed by atoms with Crippen molar-refractivity contribution in [3.8, 4) is 11.1 Å². The van der Waals surface area contributed by atoms with Gasteiger partial charge in [0, 0.05) is 12.0 Å². The average molecular weight is 485 g/mol. The number of imide groups is 1. The van der Waals surface area contributed by atoms with Gasteiger partial charge in [-0.15, -0.1) is 0 Å². The molecule has 2 aromatic carbocycles. The number of carbonyl (C=O) groups excluding carboxylic acids is 4. The van der Waals surface area contributed by atoms with Gasteiger partial charge in [-0.2, -0.15) is 4.90 Å². The van der Waals surface area contributed by atoms with Crippen LogP contribution in [0.15, 0.2) is 54.6 Å². The SMILES string of the molecule is [2H]C(CC(=O)c1ccc(-c2ccccc2)cc1)(C(=O)OC)N(C(=O)OC(C)(C)C)C(=O)OC(C)(C)C. The number of hydrogen-bond acceptors (Lipinski definition) is 7. The summed E-state index contributed by atoms with van der Waals surface area (Å²) < 4.78 is 24.1. The van der Waals surface area contributed by atoms with Crippen molar-refractivity contribution in [1.29, 1.82) is 0 Å². The van der Waals surface area contributed by atoms with Gasteiger partial charge in [0.2, 0.25) is 0 Å². The first-order chi connectivity index (χ1) is 16.6. The molecule has 8 nitrogen and oxygen atoms in total. The zero-order valence-corrected chi connectivity index (χ0v) is 21.2. The summed E-state index contributed by atoms with van der Waals surface area (Å²) in [7, 11) is 0.993. The van der Waals surface area contributed by atoms with Gasteiger partial charge in [-0.3, -0.25) is 4.79 Å². The highest BCUT2D eigenvalue weighted by Crippen LogP contribution is 2.23. The Morgan fingerprint density at radius 3 is 1.69 bits per heavy atom. The molecule has 1 unspecified atom stereocenters. The number of methoxy groups -OCH3 is 1. The summed E-state index contributed by atoms with van der Waals surface area (Å²) in [6.45, 7) is 9.34. The summed E-state index contributed by atoms with van der Waals surface area (Å²) in [5, 5.41) is 0. The molecule has 0 aliphatic rings. The Hall–Kier alpha value is -3.68. The molecule has 2 rings (SSSR count). The van der Waals surface area contributed by atoms with E-state index in [9.17, 15) is 19.2 Å². The van der Waals surface area contributed by atoms with Crippen LogP contribution in [0.3, 0.4) is 0 Å². The van der Waals surface area contributed by atoms with Gasteiger partial charge in [-0.1, -0.05) is 54.6 Å². The lowest BCUT2D eigenvalue weighted by Gasteiger charge is -2.32. The molecule has 188 valence electrons. The molecule has 0 spiro atoms. The standard InChI is InChI=1S/C27H33NO7/c1-26(2,3)34-24(31)28(25(32)35-27(4,5)6)21(23(30)33-7)17-22(29)20-15-13-19(14-16-20)18-11-9-8-10-12-18/h8-16,21H,17H2,1-7H3/i21D. The molecule has 0 radical (unpaired) electrons. The molecular weight excluding hydrogens is 450 g/mol. The smallest absolute Gasteiger partial charge is 0.420 e. The Morgan fingerprint density at radius 1 is 0.800 bits per heavy atom. The van der Waals surface area contributed by atoms with Gasteiger partial charge < -0.3 is 14.2 Å². The van der Waals surface area contributed by atoms with Gasteiger partial charge in [-0.25, -0.2) is 14.4 Å². The van der Waals surface area contributed by atoms with E-state index < -0.39 is 47.6 Å².